The number of nitrogens with zero attached hydrogens (tertiary/aromatic N) is 7. The number of anilines is 2. The molecule has 1 fully saturated rings. The van der Waals surface area contributed by atoms with Crippen LogP contribution in [-0.2, 0) is 11.3 Å². The Kier molecular flexibility index (Phi) is 5.91. The molecule has 1 amide bonds. The molecule has 0 radical (unpaired) electrons. The second kappa shape index (κ2) is 9.04. The van der Waals surface area contributed by atoms with Crippen LogP contribution in [0.5, 0.6) is 0 Å². The number of likely N-dealkylation sites (tertiary alicyclic amines) is 1. The van der Waals surface area contributed by atoms with Crippen molar-refractivity contribution in [3.63, 3.8) is 0 Å². The van der Waals surface area contributed by atoms with E-state index in [1.54, 1.807) is 36.0 Å². The van der Waals surface area contributed by atoms with Gasteiger partial charge in [-0.2, -0.15) is 4.98 Å². The van der Waals surface area contributed by atoms with E-state index < -0.39 is 25.2 Å². The van der Waals surface area contributed by atoms with Crippen molar-refractivity contribution >= 4 is 34.4 Å². The van der Waals surface area contributed by atoms with Crippen molar-refractivity contribution in [2.75, 3.05) is 30.8 Å². The summed E-state index contributed by atoms with van der Waals surface area (Å²) in [6.07, 6.45) is -0.262. The first-order valence-electron chi connectivity index (χ1n) is 11.2. The monoisotopic (exact) mass is 487 g/mol. The molecule has 10 nitrogen and oxygen atoms in total. The third kappa shape index (κ3) is 4.33. The lowest BCUT2D eigenvalue weighted by Gasteiger charge is -2.34. The molecule has 184 valence electrons. The molecule has 0 saturated carbocycles. The van der Waals surface area contributed by atoms with E-state index in [-0.39, 0.29) is 18.4 Å². The number of amides is 1. The van der Waals surface area contributed by atoms with Gasteiger partial charge in [-0.3, -0.25) is 4.79 Å². The number of halogens is 3. The molecule has 0 aromatic carbocycles. The first-order chi connectivity index (χ1) is 16.8. The van der Waals surface area contributed by atoms with Crippen LogP contribution in [0, 0.1) is 0 Å². The summed E-state index contributed by atoms with van der Waals surface area (Å²) in [5.74, 6) is 0.582. The highest BCUT2D eigenvalue weighted by Crippen LogP contribution is 2.30. The maximum absolute atomic E-state index is 14.7. The summed E-state index contributed by atoms with van der Waals surface area (Å²) in [5, 5.41) is 10.6. The number of hydrogen-bond donors (Lipinski definition) is 2. The van der Waals surface area contributed by atoms with Crippen molar-refractivity contribution in [1.29, 1.82) is 0 Å². The summed E-state index contributed by atoms with van der Waals surface area (Å²) in [4.78, 5) is 26.3. The second-order valence-electron chi connectivity index (χ2n) is 8.40. The van der Waals surface area contributed by atoms with Crippen molar-refractivity contribution in [1.82, 2.24) is 34.0 Å². The number of alkyl halides is 3. The summed E-state index contributed by atoms with van der Waals surface area (Å²) in [6.45, 7) is 1.42. The molecule has 5 heterocycles. The van der Waals surface area contributed by atoms with Crippen molar-refractivity contribution in [3.8, 4) is 11.3 Å². The summed E-state index contributed by atoms with van der Waals surface area (Å²) in [6, 6.07) is 4.77. The van der Waals surface area contributed by atoms with Crippen LogP contribution in [0.25, 0.3) is 27.9 Å². The summed E-state index contributed by atoms with van der Waals surface area (Å²) in [7, 11) is 1.71. The van der Waals surface area contributed by atoms with Crippen LogP contribution in [0.1, 0.15) is 13.3 Å². The standard InChI is InChI=1S/C22H24F3N9O/c1-12(35)32-7-6-16(14(23)9-32)29-22-30-20(26-2)19-13(5-8-34(19)31-22)15-3-4-17-21(28-15)33(11-27-17)10-18(24)25/h3-5,8,11,14,16,18H,6-7,9-10H2,1-2H3,(H2,26,29,30,31). The number of hydrogen-bond acceptors (Lipinski definition) is 7. The molecule has 0 spiro atoms. The molecule has 4 aromatic heterocycles. The molecular formula is C22H24F3N9O. The lowest BCUT2D eigenvalue weighted by Crippen LogP contribution is -2.49. The quantitative estimate of drug-likeness (QED) is 0.431. The van der Waals surface area contributed by atoms with Gasteiger partial charge in [0.1, 0.15) is 17.2 Å². The number of aromatic nitrogens is 6. The molecule has 1 aliphatic heterocycles. The van der Waals surface area contributed by atoms with Gasteiger partial charge in [0.05, 0.1) is 31.2 Å². The zero-order valence-corrected chi connectivity index (χ0v) is 19.1. The maximum atomic E-state index is 14.7. The molecule has 35 heavy (non-hydrogen) atoms. The number of carbonyl (C=O) groups excluding carboxylic acids is 1. The predicted molar refractivity (Wildman–Crippen MR) is 124 cm³/mol. The fraction of sp³-hybridized carbons (Fsp3) is 0.409. The Morgan fingerprint density at radius 1 is 1.26 bits per heavy atom. The van der Waals surface area contributed by atoms with E-state index in [1.165, 1.54) is 22.7 Å². The molecule has 2 N–H and O–H groups in total. The Morgan fingerprint density at radius 3 is 2.80 bits per heavy atom. The normalized spacial score (nSPS) is 18.5. The van der Waals surface area contributed by atoms with Crippen molar-refractivity contribution in [3.05, 3.63) is 30.7 Å². The van der Waals surface area contributed by atoms with E-state index in [0.29, 0.717) is 46.7 Å². The lowest BCUT2D eigenvalue weighted by molar-refractivity contribution is -0.131. The summed E-state index contributed by atoms with van der Waals surface area (Å²) < 4.78 is 43.5. The predicted octanol–water partition coefficient (Wildman–Crippen LogP) is 2.82. The van der Waals surface area contributed by atoms with E-state index in [2.05, 4.69) is 30.7 Å². The minimum Gasteiger partial charge on any atom is -0.371 e. The number of fused-ring (bicyclic) bond motifs is 2. The Morgan fingerprint density at radius 2 is 2.09 bits per heavy atom. The first kappa shape index (κ1) is 22.9. The third-order valence-corrected chi connectivity index (χ3v) is 6.12. The van der Waals surface area contributed by atoms with E-state index in [4.69, 9.17) is 0 Å². The molecule has 0 bridgehead atoms. The van der Waals surface area contributed by atoms with Gasteiger partial charge in [-0.15, -0.1) is 5.10 Å². The second-order valence-corrected chi connectivity index (χ2v) is 8.40. The highest BCUT2D eigenvalue weighted by Gasteiger charge is 2.31. The number of rotatable bonds is 6. The van der Waals surface area contributed by atoms with Gasteiger partial charge >= 0.3 is 0 Å². The average Bonchev–Trinajstić information content (AvgIpc) is 3.43. The van der Waals surface area contributed by atoms with E-state index in [9.17, 15) is 18.0 Å². The van der Waals surface area contributed by atoms with Gasteiger partial charge in [0.2, 0.25) is 11.9 Å². The number of nitrogens with one attached hydrogen (secondary N) is 2. The zero-order chi connectivity index (χ0) is 24.7. The van der Waals surface area contributed by atoms with Gasteiger partial charge < -0.3 is 20.1 Å². The molecule has 0 aliphatic carbocycles. The third-order valence-electron chi connectivity index (χ3n) is 6.12. The number of carbonyl (C=O) groups is 1. The molecule has 13 heteroatoms. The largest absolute Gasteiger partial charge is 0.371 e. The van der Waals surface area contributed by atoms with E-state index in [1.807, 2.05) is 0 Å². The average molecular weight is 487 g/mol. The fourth-order valence-electron chi connectivity index (χ4n) is 4.36. The van der Waals surface area contributed by atoms with Gasteiger partial charge in [0.15, 0.2) is 11.5 Å². The molecule has 5 rings (SSSR count). The molecule has 1 saturated heterocycles. The van der Waals surface area contributed by atoms with Gasteiger partial charge in [0.25, 0.3) is 6.43 Å². The van der Waals surface area contributed by atoms with Crippen molar-refractivity contribution < 1.29 is 18.0 Å². The first-order valence-corrected chi connectivity index (χ1v) is 11.2. The van der Waals surface area contributed by atoms with E-state index in [0.717, 1.165) is 0 Å². The van der Waals surface area contributed by atoms with Crippen molar-refractivity contribution in [2.45, 2.75) is 38.5 Å². The van der Waals surface area contributed by atoms with Crippen LogP contribution in [0.3, 0.4) is 0 Å². The van der Waals surface area contributed by atoms with Crippen LogP contribution in [0.2, 0.25) is 0 Å². The number of pyridine rings is 1. The SMILES string of the molecule is CNc1nc(NC2CCN(C(C)=O)CC2F)nn2ccc(-c3ccc4ncn(CC(F)F)c4n3)c12. The highest BCUT2D eigenvalue weighted by molar-refractivity contribution is 5.89. The summed E-state index contributed by atoms with van der Waals surface area (Å²) in [5.41, 5.74) is 2.76. The van der Waals surface area contributed by atoms with Crippen LogP contribution in [0.4, 0.5) is 24.9 Å². The van der Waals surface area contributed by atoms with Gasteiger partial charge in [-0.1, -0.05) is 0 Å². The number of piperidine rings is 1. The number of imidazole rings is 1. The molecule has 1 aliphatic rings. The smallest absolute Gasteiger partial charge is 0.256 e. The van der Waals surface area contributed by atoms with Gasteiger partial charge in [0, 0.05) is 32.3 Å². The molecule has 4 aromatic rings. The minimum atomic E-state index is -2.53. The Labute approximate surface area is 198 Å². The highest BCUT2D eigenvalue weighted by atomic mass is 19.3. The maximum Gasteiger partial charge on any atom is 0.256 e. The molecule has 2 atom stereocenters. The van der Waals surface area contributed by atoms with Crippen molar-refractivity contribution in [2.24, 2.45) is 0 Å². The van der Waals surface area contributed by atoms with Crippen LogP contribution in [0.15, 0.2) is 30.7 Å². The van der Waals surface area contributed by atoms with E-state index >= 15 is 0 Å². The Balaban J connectivity index is 1.47. The fourth-order valence-corrected chi connectivity index (χ4v) is 4.36. The zero-order valence-electron chi connectivity index (χ0n) is 19.1. The Bertz CT molecular complexity index is 1390. The molecule has 2 unspecified atom stereocenters. The molecular weight excluding hydrogens is 463 g/mol. The van der Waals surface area contributed by atoms with Crippen LogP contribution in [-0.4, -0.2) is 78.7 Å². The Hall–Kier alpha value is -3.90. The van der Waals surface area contributed by atoms with Gasteiger partial charge in [-0.05, 0) is 24.6 Å². The minimum absolute atomic E-state index is 0.0259. The lowest BCUT2D eigenvalue weighted by atomic mass is 10.0. The van der Waals surface area contributed by atoms with Crippen LogP contribution < -0.4 is 10.6 Å². The summed E-state index contributed by atoms with van der Waals surface area (Å²) >= 11 is 0. The van der Waals surface area contributed by atoms with Gasteiger partial charge in [-0.25, -0.2) is 27.7 Å². The topological polar surface area (TPSA) is 105 Å². The van der Waals surface area contributed by atoms with Crippen LogP contribution >= 0.6 is 0 Å².